The number of unbranched alkanes of at least 4 members (excludes halogenated alkanes) is 30. The second kappa shape index (κ2) is 49.2. The Bertz CT molecular complexity index is 1270. The number of carbonyl (C=O) groups excluding carboxylic acids is 1. The molecule has 0 spiro atoms. The molecule has 3 unspecified atom stereocenters. The molecule has 0 aliphatic heterocycles. The van der Waals surface area contributed by atoms with Crippen LogP contribution in [0.4, 0.5) is 0 Å². The molecule has 0 heterocycles. The first kappa shape index (κ1) is 65.2. The maximum Gasteiger partial charge on any atom is 0.268 e. The third kappa shape index (κ3) is 51.9. The molecule has 3 atom stereocenters. The minimum Gasteiger partial charge on any atom is -0.756 e. The van der Waals surface area contributed by atoms with E-state index >= 15 is 0 Å². The van der Waals surface area contributed by atoms with Gasteiger partial charge in [-0.25, -0.2) is 0 Å². The van der Waals surface area contributed by atoms with Crippen LogP contribution in [0.1, 0.15) is 251 Å². The molecule has 9 heteroatoms. The minimum atomic E-state index is -4.61. The Morgan fingerprint density at radius 1 is 0.522 bits per heavy atom. The number of nitrogens with one attached hydrogen (secondary N) is 1. The van der Waals surface area contributed by atoms with Gasteiger partial charge in [0.25, 0.3) is 7.82 Å². The highest BCUT2D eigenvalue weighted by Gasteiger charge is 2.23. The van der Waals surface area contributed by atoms with E-state index in [0.717, 1.165) is 51.4 Å². The third-order valence-electron chi connectivity index (χ3n) is 12.4. The number of carbonyl (C=O) groups is 1. The summed E-state index contributed by atoms with van der Waals surface area (Å²) in [5.41, 5.74) is 0. The van der Waals surface area contributed by atoms with Crippen molar-refractivity contribution < 1.29 is 32.9 Å². The molecule has 8 nitrogen and oxygen atoms in total. The molecule has 67 heavy (non-hydrogen) atoms. The Morgan fingerprint density at radius 2 is 0.881 bits per heavy atom. The summed E-state index contributed by atoms with van der Waals surface area (Å²) < 4.78 is 23.3. The average Bonchev–Trinajstić information content (AvgIpc) is 3.29. The number of amides is 1. The van der Waals surface area contributed by atoms with Gasteiger partial charge in [0.05, 0.1) is 39.9 Å². The quantitative estimate of drug-likeness (QED) is 0.0272. The van der Waals surface area contributed by atoms with E-state index in [-0.39, 0.29) is 12.5 Å². The number of phosphoric acid groups is 1. The number of nitrogens with zero attached hydrogens (tertiary/aromatic N) is 1. The zero-order valence-corrected chi connectivity index (χ0v) is 45.5. The van der Waals surface area contributed by atoms with E-state index in [1.807, 2.05) is 27.2 Å². The van der Waals surface area contributed by atoms with Crippen LogP contribution in [0, 0.1) is 0 Å². The molecule has 0 aliphatic rings. The fraction of sp³-hybridized carbons (Fsp3) is 0.810. The Balaban J connectivity index is 4.24. The van der Waals surface area contributed by atoms with Gasteiger partial charge in [0.2, 0.25) is 5.91 Å². The van der Waals surface area contributed by atoms with Gasteiger partial charge < -0.3 is 28.8 Å². The highest BCUT2D eigenvalue weighted by Crippen LogP contribution is 2.38. The number of phosphoric ester groups is 1. The Morgan fingerprint density at radius 3 is 1.30 bits per heavy atom. The van der Waals surface area contributed by atoms with Crippen LogP contribution >= 0.6 is 7.82 Å². The van der Waals surface area contributed by atoms with Crippen molar-refractivity contribution in [2.24, 2.45) is 0 Å². The van der Waals surface area contributed by atoms with Gasteiger partial charge in [-0.1, -0.05) is 229 Å². The smallest absolute Gasteiger partial charge is 0.268 e. The van der Waals surface area contributed by atoms with Crippen LogP contribution in [-0.2, 0) is 18.4 Å². The molecule has 0 rings (SSSR count). The molecule has 2 N–H and O–H groups in total. The lowest BCUT2D eigenvalue weighted by Crippen LogP contribution is -2.45. The first-order chi connectivity index (χ1) is 32.5. The lowest BCUT2D eigenvalue weighted by Gasteiger charge is -2.29. The number of hydrogen-bond acceptors (Lipinski definition) is 6. The van der Waals surface area contributed by atoms with E-state index < -0.39 is 26.6 Å². The molecule has 0 aromatic rings. The van der Waals surface area contributed by atoms with Crippen molar-refractivity contribution in [1.29, 1.82) is 0 Å². The van der Waals surface area contributed by atoms with E-state index in [2.05, 4.69) is 67.8 Å². The summed E-state index contributed by atoms with van der Waals surface area (Å²) in [4.78, 5) is 25.5. The molecule has 0 saturated heterocycles. The molecule has 1 amide bonds. The SMILES string of the molecule is CCCCCCC/C=C\C/C=C\CCCCCCCCCCCCCCCCCC(=O)NC(COP(=O)([O-])OCC[N+](C)(C)C)C(O)/C=C/CC/C=C/CC/C=C/CCCCCCCCCC. The lowest BCUT2D eigenvalue weighted by molar-refractivity contribution is -0.870. The Hall–Kier alpha value is -1.80. The van der Waals surface area contributed by atoms with Gasteiger partial charge >= 0.3 is 0 Å². The van der Waals surface area contributed by atoms with Crippen molar-refractivity contribution >= 4 is 13.7 Å². The van der Waals surface area contributed by atoms with Crippen LogP contribution in [0.25, 0.3) is 0 Å². The minimum absolute atomic E-state index is 0.0100. The standard InChI is InChI=1S/C58H109N2O6P/c1-6-8-10-12-14-16-18-20-22-24-26-27-28-29-30-31-32-33-34-36-38-40-42-44-46-48-50-52-58(62)59-56(55-66-67(63,64)65-54-53-60(3,4)5)57(61)51-49-47-45-43-41-39-37-35-25-23-21-19-17-15-13-11-9-7-2/h18,20,24-26,35,41,43,49,51,56-57,61H,6-17,19,21-23,27-34,36-40,42,44-48,50,52-55H2,1-5H3,(H-,59,62,63,64)/b20-18-,26-24-,35-25+,43-41+,51-49+. The van der Waals surface area contributed by atoms with Gasteiger partial charge in [-0.2, -0.15) is 0 Å². The molecular formula is C58H109N2O6P. The summed E-state index contributed by atoms with van der Waals surface area (Å²) in [6, 6.07) is -0.911. The Kier molecular flexibility index (Phi) is 47.9. The van der Waals surface area contributed by atoms with Gasteiger partial charge in [-0.05, 0) is 77.0 Å². The first-order valence-electron chi connectivity index (χ1n) is 28.2. The summed E-state index contributed by atoms with van der Waals surface area (Å²) in [6.45, 7) is 4.62. The van der Waals surface area contributed by atoms with Crippen LogP contribution in [0.3, 0.4) is 0 Å². The number of likely N-dealkylation sites (N-methyl/N-ethyl adjacent to an activating group) is 1. The summed E-state index contributed by atoms with van der Waals surface area (Å²) in [5.74, 6) is -0.211. The summed E-state index contributed by atoms with van der Waals surface area (Å²) in [7, 11) is 1.24. The van der Waals surface area contributed by atoms with E-state index in [1.165, 1.54) is 180 Å². The summed E-state index contributed by atoms with van der Waals surface area (Å²) in [6.07, 6.45) is 65.8. The summed E-state index contributed by atoms with van der Waals surface area (Å²) in [5, 5.41) is 13.8. The van der Waals surface area contributed by atoms with Crippen molar-refractivity contribution in [1.82, 2.24) is 5.32 Å². The predicted octanol–water partition coefficient (Wildman–Crippen LogP) is 16.3. The van der Waals surface area contributed by atoms with E-state index in [9.17, 15) is 19.4 Å². The zero-order chi connectivity index (χ0) is 49.2. The fourth-order valence-electron chi connectivity index (χ4n) is 7.98. The monoisotopic (exact) mass is 961 g/mol. The van der Waals surface area contributed by atoms with Crippen molar-refractivity contribution in [3.8, 4) is 0 Å². The number of rotatable bonds is 51. The zero-order valence-electron chi connectivity index (χ0n) is 44.6. The van der Waals surface area contributed by atoms with Gasteiger partial charge in [0, 0.05) is 6.42 Å². The second-order valence-corrected chi connectivity index (χ2v) is 21.7. The van der Waals surface area contributed by atoms with E-state index in [1.54, 1.807) is 6.08 Å². The van der Waals surface area contributed by atoms with Crippen LogP contribution in [0.15, 0.2) is 60.8 Å². The van der Waals surface area contributed by atoms with Crippen molar-refractivity contribution in [2.45, 2.75) is 264 Å². The Labute approximate surface area is 415 Å². The number of quaternary nitrogens is 1. The molecule has 0 radical (unpaired) electrons. The van der Waals surface area contributed by atoms with Crippen LogP contribution < -0.4 is 10.2 Å². The van der Waals surface area contributed by atoms with Gasteiger partial charge in [-0.15, -0.1) is 0 Å². The molecule has 0 bridgehead atoms. The average molecular weight is 961 g/mol. The van der Waals surface area contributed by atoms with Crippen LogP contribution in [0.5, 0.6) is 0 Å². The molecule has 0 aromatic heterocycles. The highest BCUT2D eigenvalue weighted by molar-refractivity contribution is 7.45. The van der Waals surface area contributed by atoms with E-state index in [4.69, 9.17) is 9.05 Å². The molecular weight excluding hydrogens is 852 g/mol. The largest absolute Gasteiger partial charge is 0.756 e. The highest BCUT2D eigenvalue weighted by atomic mass is 31.2. The number of aliphatic hydroxyl groups excluding tert-OH is 1. The maximum atomic E-state index is 12.9. The fourth-order valence-corrected chi connectivity index (χ4v) is 8.70. The van der Waals surface area contributed by atoms with Gasteiger partial charge in [0.1, 0.15) is 13.2 Å². The van der Waals surface area contributed by atoms with Crippen molar-refractivity contribution in [3.63, 3.8) is 0 Å². The summed E-state index contributed by atoms with van der Waals surface area (Å²) >= 11 is 0. The number of hydrogen-bond donors (Lipinski definition) is 2. The number of aliphatic hydroxyl groups is 1. The molecule has 0 fully saturated rings. The molecule has 392 valence electrons. The lowest BCUT2D eigenvalue weighted by atomic mass is 10.0. The molecule has 0 aliphatic carbocycles. The predicted molar refractivity (Wildman–Crippen MR) is 288 cm³/mol. The molecule has 0 saturated carbocycles. The van der Waals surface area contributed by atoms with Crippen LogP contribution in [-0.4, -0.2) is 68.5 Å². The molecule has 0 aromatic carbocycles. The maximum absolute atomic E-state index is 12.9. The normalized spacial score (nSPS) is 14.4. The third-order valence-corrected chi connectivity index (χ3v) is 13.4. The van der Waals surface area contributed by atoms with Gasteiger partial charge in [-0.3, -0.25) is 9.36 Å². The first-order valence-corrected chi connectivity index (χ1v) is 29.6. The van der Waals surface area contributed by atoms with E-state index in [0.29, 0.717) is 17.4 Å². The van der Waals surface area contributed by atoms with Crippen LogP contribution in [0.2, 0.25) is 0 Å². The number of allylic oxidation sites excluding steroid dienone is 9. The van der Waals surface area contributed by atoms with Gasteiger partial charge in [0.15, 0.2) is 0 Å². The van der Waals surface area contributed by atoms with Crippen molar-refractivity contribution in [2.75, 3.05) is 40.9 Å². The second-order valence-electron chi connectivity index (χ2n) is 20.3. The topological polar surface area (TPSA) is 108 Å². The van der Waals surface area contributed by atoms with Crippen molar-refractivity contribution in [3.05, 3.63) is 60.8 Å².